The van der Waals surface area contributed by atoms with E-state index in [2.05, 4.69) is 15.0 Å². The fourth-order valence-corrected chi connectivity index (χ4v) is 2.58. The monoisotopic (exact) mass is 425 g/mol. The van der Waals surface area contributed by atoms with Crippen LogP contribution in [0.15, 0.2) is 36.7 Å². The smallest absolute Gasteiger partial charge is 0.172 e. The molecule has 0 bridgehead atoms. The standard InChI is InChI=1S/C16H13ClIN3O/c1-9-13(17)6-11-5-10(3-4-14(11)21-9)12-7-19-15(20-8-12)16(2,18)22/h3-8,22H,1-2H3. The Balaban J connectivity index is 2.05. The first-order valence-electron chi connectivity index (χ1n) is 6.66. The van der Waals surface area contributed by atoms with Gasteiger partial charge in [0.2, 0.25) is 0 Å². The minimum atomic E-state index is -1.07. The van der Waals surface area contributed by atoms with Gasteiger partial charge in [-0.25, -0.2) is 9.97 Å². The Bertz CT molecular complexity index is 844. The topological polar surface area (TPSA) is 58.9 Å². The summed E-state index contributed by atoms with van der Waals surface area (Å²) in [7, 11) is 0. The zero-order valence-corrected chi connectivity index (χ0v) is 14.9. The Morgan fingerprint density at radius 2 is 1.82 bits per heavy atom. The van der Waals surface area contributed by atoms with E-state index in [1.54, 1.807) is 19.3 Å². The van der Waals surface area contributed by atoms with Gasteiger partial charge in [0.1, 0.15) is 0 Å². The first-order valence-corrected chi connectivity index (χ1v) is 8.11. The van der Waals surface area contributed by atoms with Gasteiger partial charge in [0.25, 0.3) is 0 Å². The molecule has 0 saturated carbocycles. The maximum atomic E-state index is 9.89. The zero-order valence-electron chi connectivity index (χ0n) is 12.0. The first-order chi connectivity index (χ1) is 10.3. The van der Waals surface area contributed by atoms with E-state index in [1.165, 1.54) is 0 Å². The zero-order chi connectivity index (χ0) is 15.9. The molecule has 112 valence electrons. The van der Waals surface area contributed by atoms with Crippen LogP contribution in [0.2, 0.25) is 5.02 Å². The normalized spacial score (nSPS) is 14.0. The van der Waals surface area contributed by atoms with Crippen molar-refractivity contribution >= 4 is 45.1 Å². The predicted octanol–water partition coefficient (Wildman–Crippen LogP) is 4.25. The van der Waals surface area contributed by atoms with Crippen molar-refractivity contribution in [1.82, 2.24) is 15.0 Å². The molecule has 2 heterocycles. The van der Waals surface area contributed by atoms with Crippen LogP contribution in [-0.2, 0) is 3.61 Å². The molecule has 6 heteroatoms. The van der Waals surface area contributed by atoms with E-state index >= 15 is 0 Å². The summed E-state index contributed by atoms with van der Waals surface area (Å²) in [6, 6.07) is 7.85. The van der Waals surface area contributed by atoms with Crippen molar-refractivity contribution in [1.29, 1.82) is 0 Å². The highest BCUT2D eigenvalue weighted by molar-refractivity contribution is 14.1. The van der Waals surface area contributed by atoms with E-state index in [1.807, 2.05) is 53.8 Å². The number of fused-ring (bicyclic) bond motifs is 1. The third-order valence-corrected chi connectivity index (χ3v) is 4.20. The number of alkyl halides is 1. The summed E-state index contributed by atoms with van der Waals surface area (Å²) in [4.78, 5) is 12.9. The lowest BCUT2D eigenvalue weighted by Gasteiger charge is -2.13. The SMILES string of the molecule is Cc1nc2ccc(-c3cnc(C(C)(O)I)nc3)cc2cc1Cl. The van der Waals surface area contributed by atoms with Gasteiger partial charge >= 0.3 is 0 Å². The average Bonchev–Trinajstić information content (AvgIpc) is 2.47. The van der Waals surface area contributed by atoms with Gasteiger partial charge in [-0.2, -0.15) is 0 Å². The van der Waals surface area contributed by atoms with E-state index in [9.17, 15) is 5.11 Å². The largest absolute Gasteiger partial charge is 0.373 e. The molecule has 3 rings (SSSR count). The second kappa shape index (κ2) is 5.72. The van der Waals surface area contributed by atoms with Crippen molar-refractivity contribution in [2.75, 3.05) is 0 Å². The van der Waals surface area contributed by atoms with Crippen LogP contribution < -0.4 is 0 Å². The predicted molar refractivity (Wildman–Crippen MR) is 96.1 cm³/mol. The molecule has 3 aromatic rings. The lowest BCUT2D eigenvalue weighted by molar-refractivity contribution is 0.168. The maximum Gasteiger partial charge on any atom is 0.172 e. The number of benzene rings is 1. The number of rotatable bonds is 2. The molecule has 1 N–H and O–H groups in total. The molecule has 0 fully saturated rings. The maximum absolute atomic E-state index is 9.89. The molecule has 0 aliphatic carbocycles. The molecule has 1 atom stereocenters. The van der Waals surface area contributed by atoms with Gasteiger partial charge in [-0.05, 0) is 60.2 Å². The highest BCUT2D eigenvalue weighted by atomic mass is 127. The Morgan fingerprint density at radius 3 is 2.45 bits per heavy atom. The Kier molecular flexibility index (Phi) is 4.05. The highest BCUT2D eigenvalue weighted by Crippen LogP contribution is 2.28. The fraction of sp³-hybridized carbons (Fsp3) is 0.188. The average molecular weight is 426 g/mol. The molecule has 0 radical (unpaired) electrons. The lowest BCUT2D eigenvalue weighted by Crippen LogP contribution is -2.15. The minimum absolute atomic E-state index is 0.387. The lowest BCUT2D eigenvalue weighted by atomic mass is 10.1. The Hall–Kier alpha value is -1.31. The van der Waals surface area contributed by atoms with Crippen molar-refractivity contribution in [2.24, 2.45) is 0 Å². The second-order valence-corrected chi connectivity index (χ2v) is 7.72. The van der Waals surface area contributed by atoms with Crippen LogP contribution in [-0.4, -0.2) is 20.1 Å². The molecule has 22 heavy (non-hydrogen) atoms. The number of hydrogen-bond acceptors (Lipinski definition) is 4. The highest BCUT2D eigenvalue weighted by Gasteiger charge is 2.21. The van der Waals surface area contributed by atoms with Gasteiger partial charge in [0, 0.05) is 23.3 Å². The van der Waals surface area contributed by atoms with Crippen LogP contribution in [0, 0.1) is 6.92 Å². The van der Waals surface area contributed by atoms with Gasteiger partial charge in [-0.15, -0.1) is 0 Å². The van der Waals surface area contributed by atoms with Crippen molar-refractivity contribution in [3.63, 3.8) is 0 Å². The number of nitrogens with zero attached hydrogens (tertiary/aromatic N) is 3. The van der Waals surface area contributed by atoms with Crippen LogP contribution in [0.5, 0.6) is 0 Å². The van der Waals surface area contributed by atoms with E-state index in [0.29, 0.717) is 10.8 Å². The molecular formula is C16H13ClIN3O. The van der Waals surface area contributed by atoms with Crippen molar-refractivity contribution < 1.29 is 5.11 Å². The molecule has 1 aromatic carbocycles. The minimum Gasteiger partial charge on any atom is -0.373 e. The summed E-state index contributed by atoms with van der Waals surface area (Å²) in [5.74, 6) is 0.387. The molecule has 1 unspecified atom stereocenters. The summed E-state index contributed by atoms with van der Waals surface area (Å²) in [6.45, 7) is 3.53. The van der Waals surface area contributed by atoms with Gasteiger partial charge in [0.15, 0.2) is 9.43 Å². The van der Waals surface area contributed by atoms with E-state index in [-0.39, 0.29) is 0 Å². The van der Waals surface area contributed by atoms with Crippen LogP contribution >= 0.6 is 34.2 Å². The fourth-order valence-electron chi connectivity index (χ4n) is 2.14. The number of hydrogen-bond donors (Lipinski definition) is 1. The van der Waals surface area contributed by atoms with Gasteiger partial charge in [-0.3, -0.25) is 4.98 Å². The van der Waals surface area contributed by atoms with Gasteiger partial charge < -0.3 is 5.11 Å². The number of aliphatic hydroxyl groups is 1. The van der Waals surface area contributed by atoms with Crippen LogP contribution in [0.3, 0.4) is 0 Å². The molecule has 0 spiro atoms. The summed E-state index contributed by atoms with van der Waals surface area (Å²) in [5.41, 5.74) is 3.58. The van der Waals surface area contributed by atoms with Crippen molar-refractivity contribution in [3.05, 3.63) is 53.2 Å². The van der Waals surface area contributed by atoms with E-state index in [0.717, 1.165) is 27.7 Å². The number of halogens is 2. The third-order valence-electron chi connectivity index (χ3n) is 3.34. The summed E-state index contributed by atoms with van der Waals surface area (Å²) in [5, 5.41) is 11.5. The molecule has 2 aromatic heterocycles. The van der Waals surface area contributed by atoms with Crippen molar-refractivity contribution in [2.45, 2.75) is 17.5 Å². The Morgan fingerprint density at radius 1 is 1.14 bits per heavy atom. The molecule has 0 amide bonds. The Labute approximate surface area is 146 Å². The molecule has 0 aliphatic rings. The molecule has 0 aliphatic heterocycles. The van der Waals surface area contributed by atoms with Crippen LogP contribution in [0.25, 0.3) is 22.0 Å². The molecule has 4 nitrogen and oxygen atoms in total. The van der Waals surface area contributed by atoms with E-state index < -0.39 is 3.61 Å². The number of aromatic nitrogens is 3. The molecular weight excluding hydrogens is 413 g/mol. The summed E-state index contributed by atoms with van der Waals surface area (Å²) < 4.78 is -1.07. The van der Waals surface area contributed by atoms with Crippen LogP contribution in [0.1, 0.15) is 18.4 Å². The first kappa shape index (κ1) is 15.6. The summed E-state index contributed by atoms with van der Waals surface area (Å²) in [6.07, 6.45) is 3.42. The third kappa shape index (κ3) is 3.06. The quantitative estimate of drug-likeness (QED) is 0.492. The second-order valence-electron chi connectivity index (χ2n) is 5.21. The van der Waals surface area contributed by atoms with E-state index in [4.69, 9.17) is 11.6 Å². The summed E-state index contributed by atoms with van der Waals surface area (Å²) >= 11 is 8.04. The van der Waals surface area contributed by atoms with Crippen molar-refractivity contribution in [3.8, 4) is 11.1 Å². The van der Waals surface area contributed by atoms with Gasteiger partial charge in [-0.1, -0.05) is 17.7 Å². The number of pyridine rings is 1. The van der Waals surface area contributed by atoms with Crippen LogP contribution in [0.4, 0.5) is 0 Å². The number of aryl methyl sites for hydroxylation is 1. The van der Waals surface area contributed by atoms with Gasteiger partial charge in [0.05, 0.1) is 16.2 Å². The molecule has 0 saturated heterocycles.